The van der Waals surface area contributed by atoms with Gasteiger partial charge in [-0.1, -0.05) is 28.1 Å². The Labute approximate surface area is 77.8 Å². The first-order chi connectivity index (χ1) is 5.66. The number of phenolic OH excluding ortho intramolecular Hbond substituents is 1. The fraction of sp³-hybridized carbons (Fsp3) is 0.250. The minimum Gasteiger partial charge on any atom is -0.505 e. The Morgan fingerprint density at radius 2 is 2.17 bits per heavy atom. The van der Waals surface area contributed by atoms with Crippen molar-refractivity contribution in [2.24, 2.45) is 0 Å². The van der Waals surface area contributed by atoms with Crippen LogP contribution in [0.1, 0.15) is 11.7 Å². The maximum Gasteiger partial charge on any atom is 0.165 e. The lowest BCUT2D eigenvalue weighted by Crippen LogP contribution is -1.99. The monoisotopic (exact) mass is 234 g/mol. The fourth-order valence-corrected chi connectivity index (χ4v) is 1.23. The summed E-state index contributed by atoms with van der Waals surface area (Å²) in [6, 6.07) is 4.06. The van der Waals surface area contributed by atoms with Gasteiger partial charge in [-0.25, -0.2) is 4.39 Å². The molecule has 12 heavy (non-hydrogen) atoms. The van der Waals surface area contributed by atoms with E-state index in [1.807, 2.05) is 0 Å². The topological polar surface area (TPSA) is 40.5 Å². The van der Waals surface area contributed by atoms with Gasteiger partial charge in [0.1, 0.15) is 0 Å². The van der Waals surface area contributed by atoms with Crippen LogP contribution in [0.4, 0.5) is 4.39 Å². The molecule has 0 amide bonds. The van der Waals surface area contributed by atoms with Crippen LogP contribution in [0.25, 0.3) is 0 Å². The average Bonchev–Trinajstić information content (AvgIpc) is 2.08. The molecule has 4 heteroatoms. The summed E-state index contributed by atoms with van der Waals surface area (Å²) in [5.41, 5.74) is 0.201. The molecular weight excluding hydrogens is 227 g/mol. The zero-order chi connectivity index (χ0) is 9.14. The van der Waals surface area contributed by atoms with Crippen LogP contribution in [0.3, 0.4) is 0 Å². The van der Waals surface area contributed by atoms with Crippen molar-refractivity contribution in [3.8, 4) is 5.75 Å². The molecule has 0 aliphatic carbocycles. The largest absolute Gasteiger partial charge is 0.505 e. The van der Waals surface area contributed by atoms with Crippen molar-refractivity contribution in [3.05, 3.63) is 29.6 Å². The molecule has 0 aliphatic heterocycles. The highest BCUT2D eigenvalue weighted by Gasteiger charge is 2.13. The van der Waals surface area contributed by atoms with Crippen LogP contribution in [0.2, 0.25) is 0 Å². The smallest absolute Gasteiger partial charge is 0.165 e. The second-order valence-corrected chi connectivity index (χ2v) is 3.00. The van der Waals surface area contributed by atoms with Gasteiger partial charge in [-0.2, -0.15) is 0 Å². The molecular formula is C8H8BrFO2. The Morgan fingerprint density at radius 1 is 1.50 bits per heavy atom. The van der Waals surface area contributed by atoms with E-state index in [4.69, 9.17) is 5.11 Å². The van der Waals surface area contributed by atoms with Gasteiger partial charge in [-0.15, -0.1) is 0 Å². The summed E-state index contributed by atoms with van der Waals surface area (Å²) in [6.07, 6.45) is -0.874. The number of para-hydroxylation sites is 1. The molecule has 1 rings (SSSR count). The third-order valence-corrected chi connectivity index (χ3v) is 2.14. The van der Waals surface area contributed by atoms with Gasteiger partial charge in [-0.05, 0) is 6.07 Å². The summed E-state index contributed by atoms with van der Waals surface area (Å²) in [5.74, 6) is -1.20. The Kier molecular flexibility index (Phi) is 3.05. The number of rotatable bonds is 2. The molecule has 0 saturated carbocycles. The number of alkyl halides is 1. The highest BCUT2D eigenvalue weighted by Crippen LogP contribution is 2.27. The Morgan fingerprint density at radius 3 is 2.75 bits per heavy atom. The number of hydrogen-bond donors (Lipinski definition) is 2. The van der Waals surface area contributed by atoms with Crippen molar-refractivity contribution in [1.82, 2.24) is 0 Å². The van der Waals surface area contributed by atoms with E-state index in [0.29, 0.717) is 0 Å². The van der Waals surface area contributed by atoms with E-state index in [9.17, 15) is 9.50 Å². The van der Waals surface area contributed by atoms with Crippen LogP contribution < -0.4 is 0 Å². The van der Waals surface area contributed by atoms with E-state index < -0.39 is 17.7 Å². The summed E-state index contributed by atoms with van der Waals surface area (Å²) in [5, 5.41) is 18.7. The molecule has 0 aromatic heterocycles. The highest BCUT2D eigenvalue weighted by molar-refractivity contribution is 9.09. The molecule has 0 saturated heterocycles. The van der Waals surface area contributed by atoms with E-state index >= 15 is 0 Å². The van der Waals surface area contributed by atoms with E-state index in [2.05, 4.69) is 15.9 Å². The molecule has 1 aromatic rings. The van der Waals surface area contributed by atoms with Crippen molar-refractivity contribution < 1.29 is 14.6 Å². The molecule has 1 aromatic carbocycles. The van der Waals surface area contributed by atoms with Crippen LogP contribution in [0.15, 0.2) is 18.2 Å². The zero-order valence-electron chi connectivity index (χ0n) is 6.17. The maximum absolute atomic E-state index is 12.7. The summed E-state index contributed by atoms with van der Waals surface area (Å²) in [7, 11) is 0. The number of halogens is 2. The predicted molar refractivity (Wildman–Crippen MR) is 46.8 cm³/mol. The molecule has 0 radical (unpaired) electrons. The lowest BCUT2D eigenvalue weighted by atomic mass is 10.1. The SMILES string of the molecule is Oc1c(F)cccc1C(O)CBr. The van der Waals surface area contributed by atoms with Crippen LogP contribution in [-0.4, -0.2) is 15.5 Å². The van der Waals surface area contributed by atoms with Crippen LogP contribution in [0.5, 0.6) is 5.75 Å². The molecule has 1 atom stereocenters. The van der Waals surface area contributed by atoms with Gasteiger partial charge in [-0.3, -0.25) is 0 Å². The lowest BCUT2D eigenvalue weighted by molar-refractivity contribution is 0.199. The number of aromatic hydroxyl groups is 1. The lowest BCUT2D eigenvalue weighted by Gasteiger charge is -2.09. The Balaban J connectivity index is 3.07. The van der Waals surface area contributed by atoms with Gasteiger partial charge in [0, 0.05) is 10.9 Å². The number of benzene rings is 1. The highest BCUT2D eigenvalue weighted by atomic mass is 79.9. The van der Waals surface area contributed by atoms with Crippen LogP contribution in [-0.2, 0) is 0 Å². The van der Waals surface area contributed by atoms with Crippen molar-refractivity contribution in [2.45, 2.75) is 6.10 Å². The molecule has 1 unspecified atom stereocenters. The van der Waals surface area contributed by atoms with E-state index in [1.54, 1.807) is 0 Å². The third-order valence-electron chi connectivity index (χ3n) is 1.52. The standard InChI is InChI=1S/C8H8BrFO2/c9-4-7(11)5-2-1-3-6(10)8(5)12/h1-3,7,11-12H,4H2. The molecule has 0 fully saturated rings. The minimum atomic E-state index is -0.874. The van der Waals surface area contributed by atoms with E-state index in [1.165, 1.54) is 12.1 Å². The molecule has 0 aliphatic rings. The zero-order valence-corrected chi connectivity index (χ0v) is 7.75. The van der Waals surface area contributed by atoms with Gasteiger partial charge in [0.2, 0.25) is 0 Å². The van der Waals surface area contributed by atoms with Gasteiger partial charge in [0.25, 0.3) is 0 Å². The van der Waals surface area contributed by atoms with Crippen molar-refractivity contribution in [1.29, 1.82) is 0 Å². The normalized spacial score (nSPS) is 12.9. The quantitative estimate of drug-likeness (QED) is 0.769. The molecule has 2 nitrogen and oxygen atoms in total. The second-order valence-electron chi connectivity index (χ2n) is 2.35. The van der Waals surface area contributed by atoms with E-state index in [-0.39, 0.29) is 10.9 Å². The first-order valence-electron chi connectivity index (χ1n) is 3.38. The Bertz CT molecular complexity index is 278. The summed E-state index contributed by atoms with van der Waals surface area (Å²) < 4.78 is 12.7. The molecule has 0 heterocycles. The number of hydrogen-bond acceptors (Lipinski definition) is 2. The third kappa shape index (κ3) is 1.76. The van der Waals surface area contributed by atoms with Gasteiger partial charge >= 0.3 is 0 Å². The summed E-state index contributed by atoms with van der Waals surface area (Å²) in [4.78, 5) is 0. The molecule has 2 N–H and O–H groups in total. The van der Waals surface area contributed by atoms with E-state index in [0.717, 1.165) is 6.07 Å². The van der Waals surface area contributed by atoms with Gasteiger partial charge in [0.05, 0.1) is 6.10 Å². The second kappa shape index (κ2) is 3.87. The Hall–Kier alpha value is -0.610. The number of aliphatic hydroxyl groups excluding tert-OH is 1. The van der Waals surface area contributed by atoms with Crippen molar-refractivity contribution in [2.75, 3.05) is 5.33 Å². The number of phenols is 1. The molecule has 0 bridgehead atoms. The van der Waals surface area contributed by atoms with Gasteiger partial charge in [0.15, 0.2) is 11.6 Å². The fourth-order valence-electron chi connectivity index (χ4n) is 0.884. The molecule has 0 spiro atoms. The minimum absolute atomic E-state index is 0.201. The van der Waals surface area contributed by atoms with Crippen LogP contribution in [0, 0.1) is 5.82 Å². The molecule has 66 valence electrons. The van der Waals surface area contributed by atoms with Crippen molar-refractivity contribution >= 4 is 15.9 Å². The van der Waals surface area contributed by atoms with Crippen molar-refractivity contribution in [3.63, 3.8) is 0 Å². The van der Waals surface area contributed by atoms with Gasteiger partial charge < -0.3 is 10.2 Å². The first-order valence-corrected chi connectivity index (χ1v) is 4.50. The summed E-state index contributed by atoms with van der Waals surface area (Å²) >= 11 is 3.03. The number of aliphatic hydroxyl groups is 1. The predicted octanol–water partition coefficient (Wildman–Crippen LogP) is 1.96. The maximum atomic E-state index is 12.7. The average molecular weight is 235 g/mol. The van der Waals surface area contributed by atoms with Crippen LogP contribution >= 0.6 is 15.9 Å². The first kappa shape index (κ1) is 9.48. The summed E-state index contributed by atoms with van der Waals surface area (Å²) in [6.45, 7) is 0.